The molecule has 1 amide bonds. The van der Waals surface area contributed by atoms with E-state index in [1.165, 1.54) is 11.8 Å². The fraction of sp³-hybridized carbons (Fsp3) is 0.185. The monoisotopic (exact) mass is 634 g/mol. The van der Waals surface area contributed by atoms with Gasteiger partial charge < -0.3 is 14.2 Å². The first-order valence-corrected chi connectivity index (χ1v) is 13.4. The highest BCUT2D eigenvalue weighted by atomic mass is 127. The van der Waals surface area contributed by atoms with Crippen molar-refractivity contribution in [1.29, 1.82) is 0 Å². The summed E-state index contributed by atoms with van der Waals surface area (Å²) in [6.07, 6.45) is 1.86. The van der Waals surface area contributed by atoms with E-state index in [1.54, 1.807) is 19.1 Å². The Labute approximate surface area is 233 Å². The molecule has 0 aliphatic carbocycles. The van der Waals surface area contributed by atoms with Crippen molar-refractivity contribution in [2.45, 2.75) is 13.5 Å². The molecule has 3 aromatic carbocycles. The van der Waals surface area contributed by atoms with Crippen molar-refractivity contribution < 1.29 is 19.0 Å². The molecule has 1 aliphatic heterocycles. The van der Waals surface area contributed by atoms with Crippen LogP contribution in [-0.2, 0) is 11.4 Å². The minimum absolute atomic E-state index is 0.0808. The number of likely N-dealkylation sites (N-methyl/N-ethyl adjacent to an activating group) is 1. The van der Waals surface area contributed by atoms with Gasteiger partial charge in [0, 0.05) is 17.1 Å². The maximum atomic E-state index is 13.1. The molecule has 1 heterocycles. The molecular weight excluding hydrogens is 611 g/mol. The highest BCUT2D eigenvalue weighted by Gasteiger charge is 2.32. The minimum Gasteiger partial charge on any atom is -0.497 e. The van der Waals surface area contributed by atoms with Gasteiger partial charge in [-0.05, 0) is 95.4 Å². The van der Waals surface area contributed by atoms with Gasteiger partial charge in [-0.3, -0.25) is 9.69 Å². The molecule has 6 nitrogen and oxygen atoms in total. The highest BCUT2D eigenvalue weighted by Crippen LogP contribution is 2.38. The number of benzene rings is 3. The second-order valence-electron chi connectivity index (χ2n) is 7.67. The summed E-state index contributed by atoms with van der Waals surface area (Å²) in [7, 11) is 3.22. The van der Waals surface area contributed by atoms with Crippen molar-refractivity contribution in [2.24, 2.45) is 4.99 Å². The standard InChI is InChI=1S/C27H24ClIN2O4S/c1-4-31-26(32)24(36-27(31)30-19-9-11-20(33-2)12-10-19)15-17-13-22(29)25(23(14-17)34-3)35-16-18-7-5-6-8-21(18)28/h5-15H,4,16H2,1-3H3/b24-15+,30-27?. The third-order valence-electron chi connectivity index (χ3n) is 5.38. The van der Waals surface area contributed by atoms with Crippen LogP contribution in [0.4, 0.5) is 5.69 Å². The molecule has 0 saturated carbocycles. The lowest BCUT2D eigenvalue weighted by Crippen LogP contribution is -2.28. The normalized spacial score (nSPS) is 15.6. The first-order valence-electron chi connectivity index (χ1n) is 11.1. The number of amides is 1. The number of halogens is 2. The summed E-state index contributed by atoms with van der Waals surface area (Å²) in [5.74, 6) is 1.88. The van der Waals surface area contributed by atoms with E-state index in [9.17, 15) is 4.79 Å². The molecule has 4 rings (SSSR count). The number of ether oxygens (including phenoxy) is 3. The summed E-state index contributed by atoms with van der Waals surface area (Å²) in [5.41, 5.74) is 2.47. The van der Waals surface area contributed by atoms with Crippen LogP contribution in [0, 0.1) is 3.57 Å². The van der Waals surface area contributed by atoms with Crippen LogP contribution in [0.2, 0.25) is 5.02 Å². The molecule has 186 valence electrons. The number of methoxy groups -OCH3 is 2. The average Bonchev–Trinajstić information content (AvgIpc) is 3.17. The van der Waals surface area contributed by atoms with Crippen LogP contribution in [0.5, 0.6) is 17.2 Å². The molecule has 1 fully saturated rings. The summed E-state index contributed by atoms with van der Waals surface area (Å²) >= 11 is 9.83. The van der Waals surface area contributed by atoms with E-state index in [2.05, 4.69) is 27.6 Å². The van der Waals surface area contributed by atoms with Gasteiger partial charge in [-0.25, -0.2) is 4.99 Å². The van der Waals surface area contributed by atoms with E-state index >= 15 is 0 Å². The molecule has 0 atom stereocenters. The molecule has 0 spiro atoms. The van der Waals surface area contributed by atoms with Crippen molar-refractivity contribution in [2.75, 3.05) is 20.8 Å². The third kappa shape index (κ3) is 5.99. The quantitative estimate of drug-likeness (QED) is 0.194. The smallest absolute Gasteiger partial charge is 0.266 e. The van der Waals surface area contributed by atoms with E-state index < -0.39 is 0 Å². The molecule has 1 saturated heterocycles. The lowest BCUT2D eigenvalue weighted by Gasteiger charge is -2.14. The van der Waals surface area contributed by atoms with Gasteiger partial charge in [0.15, 0.2) is 16.7 Å². The van der Waals surface area contributed by atoms with Gasteiger partial charge >= 0.3 is 0 Å². The Kier molecular flexibility index (Phi) is 8.81. The fourth-order valence-electron chi connectivity index (χ4n) is 3.52. The molecule has 3 aromatic rings. The zero-order valence-corrected chi connectivity index (χ0v) is 23.7. The summed E-state index contributed by atoms with van der Waals surface area (Å²) in [6.45, 7) is 2.77. The number of thioether (sulfide) groups is 1. The predicted octanol–water partition coefficient (Wildman–Crippen LogP) is 7.16. The summed E-state index contributed by atoms with van der Waals surface area (Å²) < 4.78 is 17.7. The van der Waals surface area contributed by atoms with Gasteiger partial charge in [-0.2, -0.15) is 0 Å². The van der Waals surface area contributed by atoms with Crippen molar-refractivity contribution in [3.8, 4) is 17.2 Å². The molecule has 0 unspecified atom stereocenters. The molecule has 0 aromatic heterocycles. The average molecular weight is 635 g/mol. The summed E-state index contributed by atoms with van der Waals surface area (Å²) in [6, 6.07) is 18.8. The topological polar surface area (TPSA) is 60.4 Å². The van der Waals surface area contributed by atoms with E-state index in [-0.39, 0.29) is 5.91 Å². The molecule has 9 heteroatoms. The van der Waals surface area contributed by atoms with E-state index in [1.807, 2.05) is 73.7 Å². The molecule has 0 radical (unpaired) electrons. The third-order valence-corrected chi connectivity index (χ3v) is 7.56. The van der Waals surface area contributed by atoms with E-state index in [0.717, 1.165) is 26.1 Å². The molecule has 0 bridgehead atoms. The molecule has 1 aliphatic rings. The van der Waals surface area contributed by atoms with Crippen LogP contribution < -0.4 is 14.2 Å². The van der Waals surface area contributed by atoms with Crippen molar-refractivity contribution in [3.05, 3.63) is 85.3 Å². The second-order valence-corrected chi connectivity index (χ2v) is 10.2. The van der Waals surface area contributed by atoms with E-state index in [0.29, 0.717) is 39.7 Å². The summed E-state index contributed by atoms with van der Waals surface area (Å²) in [5, 5.41) is 1.29. The lowest BCUT2D eigenvalue weighted by molar-refractivity contribution is -0.122. The minimum atomic E-state index is -0.0808. The van der Waals surface area contributed by atoms with Crippen LogP contribution in [0.3, 0.4) is 0 Å². The predicted molar refractivity (Wildman–Crippen MR) is 155 cm³/mol. The van der Waals surface area contributed by atoms with Gasteiger partial charge in [0.1, 0.15) is 12.4 Å². The number of carbonyl (C=O) groups excluding carboxylic acids is 1. The largest absolute Gasteiger partial charge is 0.497 e. The fourth-order valence-corrected chi connectivity index (χ4v) is 5.55. The van der Waals surface area contributed by atoms with Gasteiger partial charge in [0.2, 0.25) is 0 Å². The first kappa shape index (κ1) is 26.4. The number of rotatable bonds is 8. The Hall–Kier alpha value is -2.69. The van der Waals surface area contributed by atoms with Gasteiger partial charge in [-0.15, -0.1) is 0 Å². The maximum Gasteiger partial charge on any atom is 0.266 e. The van der Waals surface area contributed by atoms with Gasteiger partial charge in [0.25, 0.3) is 5.91 Å². The number of carbonyl (C=O) groups is 1. The van der Waals surface area contributed by atoms with Crippen LogP contribution in [0.25, 0.3) is 6.08 Å². The lowest BCUT2D eigenvalue weighted by atomic mass is 10.1. The van der Waals surface area contributed by atoms with Gasteiger partial charge in [-0.1, -0.05) is 29.8 Å². The first-order chi connectivity index (χ1) is 17.4. The van der Waals surface area contributed by atoms with Crippen LogP contribution in [0.15, 0.2) is 70.6 Å². The highest BCUT2D eigenvalue weighted by molar-refractivity contribution is 14.1. The summed E-state index contributed by atoms with van der Waals surface area (Å²) in [4.78, 5) is 20.1. The number of hydrogen-bond donors (Lipinski definition) is 0. The SMILES string of the molecule is CCN1C(=O)/C(=C\c2cc(I)c(OCc3ccccc3Cl)c(OC)c2)SC1=Nc1ccc(OC)cc1. The molecular formula is C27H24ClIN2O4S. The number of hydrogen-bond acceptors (Lipinski definition) is 6. The van der Waals surface area contributed by atoms with E-state index in [4.69, 9.17) is 25.8 Å². The van der Waals surface area contributed by atoms with Crippen LogP contribution in [-0.4, -0.2) is 36.7 Å². The Morgan fingerprint density at radius 2 is 1.83 bits per heavy atom. The molecule has 36 heavy (non-hydrogen) atoms. The Balaban J connectivity index is 1.58. The van der Waals surface area contributed by atoms with Crippen LogP contribution in [0.1, 0.15) is 18.1 Å². The van der Waals surface area contributed by atoms with Crippen molar-refractivity contribution in [3.63, 3.8) is 0 Å². The maximum absolute atomic E-state index is 13.1. The Morgan fingerprint density at radius 1 is 1.08 bits per heavy atom. The Morgan fingerprint density at radius 3 is 2.50 bits per heavy atom. The number of aliphatic imine (C=N–C) groups is 1. The zero-order valence-electron chi connectivity index (χ0n) is 20.0. The van der Waals surface area contributed by atoms with Gasteiger partial charge in [0.05, 0.1) is 28.4 Å². The second kappa shape index (κ2) is 12.0. The molecule has 0 N–H and O–H groups in total. The Bertz CT molecular complexity index is 1330. The zero-order chi connectivity index (χ0) is 25.7. The van der Waals surface area contributed by atoms with Crippen molar-refractivity contribution in [1.82, 2.24) is 4.90 Å². The van der Waals surface area contributed by atoms with Crippen molar-refractivity contribution >= 4 is 68.8 Å². The number of amidine groups is 1. The van der Waals surface area contributed by atoms with Crippen LogP contribution >= 0.6 is 46.0 Å². The number of nitrogens with zero attached hydrogens (tertiary/aromatic N) is 2.